The Morgan fingerprint density at radius 3 is 2.65 bits per heavy atom. The number of rotatable bonds is 3. The van der Waals surface area contributed by atoms with E-state index in [0.717, 1.165) is 0 Å². The van der Waals surface area contributed by atoms with Crippen LogP contribution in [0.15, 0.2) is 11.0 Å². The van der Waals surface area contributed by atoms with Crippen LogP contribution in [-0.4, -0.2) is 58.7 Å². The van der Waals surface area contributed by atoms with Crippen LogP contribution < -0.4 is 0 Å². The summed E-state index contributed by atoms with van der Waals surface area (Å²) in [4.78, 5) is 25.8. The number of hydrogen-bond acceptors (Lipinski definition) is 6. The Morgan fingerprint density at radius 2 is 2.15 bits per heavy atom. The largest absolute Gasteiger partial charge is 0.458 e. The van der Waals surface area contributed by atoms with Gasteiger partial charge >= 0.3 is 5.97 Å². The fourth-order valence-corrected chi connectivity index (χ4v) is 3.48. The first-order valence-corrected chi connectivity index (χ1v) is 7.27. The second-order valence-corrected chi connectivity index (χ2v) is 6.71. The average Bonchev–Trinajstić information content (AvgIpc) is 2.35. The lowest BCUT2D eigenvalue weighted by molar-refractivity contribution is -0.178. The molecule has 0 radical (unpaired) electrons. The molecule has 20 heavy (non-hydrogen) atoms. The second-order valence-electron chi connectivity index (χ2n) is 5.72. The van der Waals surface area contributed by atoms with Crippen LogP contribution in [0.5, 0.6) is 0 Å². The van der Waals surface area contributed by atoms with E-state index in [-0.39, 0.29) is 17.9 Å². The minimum absolute atomic E-state index is 0.236. The van der Waals surface area contributed by atoms with Gasteiger partial charge in [0.15, 0.2) is 12.1 Å². The molecule has 7 heteroatoms. The quantitative estimate of drug-likeness (QED) is 0.604. The van der Waals surface area contributed by atoms with Crippen molar-refractivity contribution in [2.45, 2.75) is 43.9 Å². The number of thioether (sulfide) groups is 1. The number of fused-ring (bicyclic) bond motifs is 1. The van der Waals surface area contributed by atoms with Gasteiger partial charge in [-0.2, -0.15) is 0 Å². The lowest BCUT2D eigenvalue weighted by atomic mass is 10.00. The highest BCUT2D eigenvalue weighted by Crippen LogP contribution is 2.41. The Bertz CT molecular complexity index is 456. The zero-order chi connectivity index (χ0) is 15.1. The Morgan fingerprint density at radius 1 is 1.50 bits per heavy atom. The van der Waals surface area contributed by atoms with Crippen molar-refractivity contribution in [3.63, 3.8) is 0 Å². The first kappa shape index (κ1) is 15.3. The molecule has 2 heterocycles. The van der Waals surface area contributed by atoms with Crippen LogP contribution in [-0.2, 0) is 19.1 Å². The fourth-order valence-electron chi connectivity index (χ4n) is 2.23. The molecule has 2 unspecified atom stereocenters. The van der Waals surface area contributed by atoms with E-state index in [0.29, 0.717) is 5.57 Å². The van der Waals surface area contributed by atoms with Crippen molar-refractivity contribution >= 4 is 23.6 Å². The zero-order valence-corrected chi connectivity index (χ0v) is 12.8. The number of aliphatic hydroxyl groups is 1. The summed E-state index contributed by atoms with van der Waals surface area (Å²) in [5.74, 6) is -0.772. The van der Waals surface area contributed by atoms with E-state index >= 15 is 0 Å². The maximum Gasteiger partial charge on any atom is 0.333 e. The highest BCUT2D eigenvalue weighted by Gasteiger charge is 2.56. The SMILES string of the molecule is CO[C@@H]1C(=O)N2C(C(=O)OC(C)(C)C)C(CO)=CSC12. The maximum atomic E-state index is 12.3. The first-order valence-electron chi connectivity index (χ1n) is 6.33. The van der Waals surface area contributed by atoms with Gasteiger partial charge < -0.3 is 19.5 Å². The highest BCUT2D eigenvalue weighted by molar-refractivity contribution is 8.02. The van der Waals surface area contributed by atoms with Gasteiger partial charge in [-0.25, -0.2) is 4.79 Å². The first-order chi connectivity index (χ1) is 9.30. The Hall–Kier alpha value is -1.05. The average molecular weight is 301 g/mol. The van der Waals surface area contributed by atoms with Crippen LogP contribution in [0.3, 0.4) is 0 Å². The number of ether oxygens (including phenoxy) is 2. The predicted octanol–water partition coefficient (Wildman–Crippen LogP) is 0.503. The van der Waals surface area contributed by atoms with Crippen molar-refractivity contribution in [2.75, 3.05) is 13.7 Å². The van der Waals surface area contributed by atoms with Gasteiger partial charge in [0.2, 0.25) is 0 Å². The number of hydrogen-bond donors (Lipinski definition) is 1. The number of β-lactam (4-membered cyclic amide) rings is 1. The van der Waals surface area contributed by atoms with E-state index in [1.165, 1.54) is 23.8 Å². The maximum absolute atomic E-state index is 12.3. The number of aliphatic hydroxyl groups excluding tert-OH is 1. The second kappa shape index (κ2) is 5.38. The fraction of sp³-hybridized carbons (Fsp3) is 0.692. The minimum Gasteiger partial charge on any atom is -0.458 e. The van der Waals surface area contributed by atoms with Crippen LogP contribution in [0.1, 0.15) is 20.8 Å². The molecule has 3 atom stereocenters. The molecule has 1 saturated heterocycles. The molecule has 0 aromatic heterocycles. The number of amides is 1. The monoisotopic (exact) mass is 301 g/mol. The van der Waals surface area contributed by atoms with Crippen LogP contribution >= 0.6 is 11.8 Å². The number of methoxy groups -OCH3 is 1. The molecule has 0 aromatic carbocycles. The molecule has 1 N–H and O–H groups in total. The van der Waals surface area contributed by atoms with E-state index in [2.05, 4.69) is 0 Å². The van der Waals surface area contributed by atoms with E-state index < -0.39 is 23.7 Å². The van der Waals surface area contributed by atoms with Crippen molar-refractivity contribution in [3.8, 4) is 0 Å². The highest BCUT2D eigenvalue weighted by atomic mass is 32.2. The molecule has 0 saturated carbocycles. The van der Waals surface area contributed by atoms with Gasteiger partial charge in [-0.15, -0.1) is 11.8 Å². The third kappa shape index (κ3) is 2.57. The molecule has 0 spiro atoms. The molecule has 1 fully saturated rings. The Kier molecular flexibility index (Phi) is 4.13. The molecule has 2 aliphatic heterocycles. The molecule has 2 rings (SSSR count). The molecule has 0 bridgehead atoms. The van der Waals surface area contributed by atoms with Gasteiger partial charge in [0.25, 0.3) is 5.91 Å². The lowest BCUT2D eigenvalue weighted by Gasteiger charge is -2.51. The van der Waals surface area contributed by atoms with Gasteiger partial charge in [-0.3, -0.25) is 4.79 Å². The summed E-state index contributed by atoms with van der Waals surface area (Å²) in [5.41, 5.74) is -0.171. The molecular weight excluding hydrogens is 282 g/mol. The van der Waals surface area contributed by atoms with Crippen LogP contribution in [0.25, 0.3) is 0 Å². The van der Waals surface area contributed by atoms with Gasteiger partial charge in [-0.1, -0.05) is 0 Å². The third-order valence-electron chi connectivity index (χ3n) is 3.09. The van der Waals surface area contributed by atoms with Gasteiger partial charge in [0.1, 0.15) is 11.0 Å². The number of carbonyl (C=O) groups excluding carboxylic acids is 2. The predicted molar refractivity (Wildman–Crippen MR) is 73.8 cm³/mol. The summed E-state index contributed by atoms with van der Waals surface area (Å²) < 4.78 is 10.5. The molecule has 0 aromatic rings. The topological polar surface area (TPSA) is 76.1 Å². The van der Waals surface area contributed by atoms with Crippen molar-refractivity contribution in [1.29, 1.82) is 0 Å². The zero-order valence-electron chi connectivity index (χ0n) is 12.0. The summed E-state index contributed by atoms with van der Waals surface area (Å²) in [5, 5.41) is 10.9. The Labute approximate surface area is 122 Å². The summed E-state index contributed by atoms with van der Waals surface area (Å²) in [6, 6.07) is -0.857. The number of esters is 1. The molecule has 1 amide bonds. The summed E-state index contributed by atoms with van der Waals surface area (Å²) >= 11 is 1.37. The Balaban J connectivity index is 2.24. The standard InChI is InChI=1S/C13H19NO5S/c1-13(2,3)19-12(17)8-7(5-15)6-20-11-9(18-4)10(16)14(8)11/h6,8-9,11,15H,5H2,1-4H3/t8?,9-,11?/m1/s1. The van der Waals surface area contributed by atoms with Gasteiger partial charge in [0, 0.05) is 7.11 Å². The number of carbonyl (C=O) groups is 2. The summed E-state index contributed by atoms with van der Waals surface area (Å²) in [6.07, 6.45) is -0.540. The van der Waals surface area contributed by atoms with E-state index in [1.54, 1.807) is 26.2 Å². The number of nitrogens with zero attached hydrogens (tertiary/aromatic N) is 1. The van der Waals surface area contributed by atoms with Gasteiger partial charge in [-0.05, 0) is 31.8 Å². The molecular formula is C13H19NO5S. The van der Waals surface area contributed by atoms with Crippen molar-refractivity contribution < 1.29 is 24.2 Å². The lowest BCUT2D eigenvalue weighted by Crippen LogP contribution is -2.70. The van der Waals surface area contributed by atoms with Crippen molar-refractivity contribution in [2.24, 2.45) is 0 Å². The molecule has 0 aliphatic carbocycles. The van der Waals surface area contributed by atoms with Crippen molar-refractivity contribution in [3.05, 3.63) is 11.0 Å². The summed E-state index contributed by atoms with van der Waals surface area (Å²) in [7, 11) is 1.47. The van der Waals surface area contributed by atoms with Crippen LogP contribution in [0.2, 0.25) is 0 Å². The van der Waals surface area contributed by atoms with Crippen molar-refractivity contribution in [1.82, 2.24) is 4.90 Å². The normalized spacial score (nSPS) is 29.4. The van der Waals surface area contributed by atoms with E-state index in [9.17, 15) is 14.7 Å². The van der Waals surface area contributed by atoms with E-state index in [4.69, 9.17) is 9.47 Å². The van der Waals surface area contributed by atoms with Crippen LogP contribution in [0, 0.1) is 0 Å². The minimum atomic E-state index is -0.857. The van der Waals surface area contributed by atoms with Gasteiger partial charge in [0.05, 0.1) is 6.61 Å². The molecule has 112 valence electrons. The molecule has 6 nitrogen and oxygen atoms in total. The third-order valence-corrected chi connectivity index (χ3v) is 4.28. The smallest absolute Gasteiger partial charge is 0.333 e. The van der Waals surface area contributed by atoms with E-state index in [1.807, 2.05) is 0 Å². The summed E-state index contributed by atoms with van der Waals surface area (Å²) in [6.45, 7) is 5.00. The van der Waals surface area contributed by atoms with Crippen LogP contribution in [0.4, 0.5) is 0 Å². The molecule has 2 aliphatic rings.